The number of rotatable bonds is 6. The quantitative estimate of drug-likeness (QED) is 0.805. The summed E-state index contributed by atoms with van der Waals surface area (Å²) in [5.41, 5.74) is 5.69. The summed E-state index contributed by atoms with van der Waals surface area (Å²) in [4.78, 5) is -0.417. The molecule has 0 aliphatic rings. The molecule has 0 fully saturated rings. The van der Waals surface area contributed by atoms with E-state index in [2.05, 4.69) is 0 Å². The van der Waals surface area contributed by atoms with Crippen LogP contribution in [0.15, 0.2) is 23.1 Å². The summed E-state index contributed by atoms with van der Waals surface area (Å²) in [5.74, 6) is -0.814. The first-order valence-electron chi connectivity index (χ1n) is 5.88. The molecule has 0 aliphatic heterocycles. The average molecular weight is 290 g/mol. The Morgan fingerprint density at radius 1 is 1.42 bits per heavy atom. The van der Waals surface area contributed by atoms with Crippen molar-refractivity contribution >= 4 is 15.7 Å². The number of nitrogens with two attached hydrogens (primary N) is 1. The van der Waals surface area contributed by atoms with E-state index in [1.165, 1.54) is 13.1 Å². The van der Waals surface area contributed by atoms with E-state index >= 15 is 0 Å². The van der Waals surface area contributed by atoms with Crippen LogP contribution in [-0.2, 0) is 14.8 Å². The summed E-state index contributed by atoms with van der Waals surface area (Å²) in [5, 5.41) is 0. The van der Waals surface area contributed by atoms with Gasteiger partial charge < -0.3 is 10.5 Å². The van der Waals surface area contributed by atoms with Crippen molar-refractivity contribution in [2.24, 2.45) is 0 Å². The molecule has 0 aromatic heterocycles. The first-order valence-corrected chi connectivity index (χ1v) is 7.32. The molecule has 108 valence electrons. The molecule has 7 heteroatoms. The van der Waals surface area contributed by atoms with Crippen LogP contribution in [0, 0.1) is 5.82 Å². The molecule has 0 unspecified atom stereocenters. The Morgan fingerprint density at radius 2 is 2.05 bits per heavy atom. The molecule has 0 heterocycles. The van der Waals surface area contributed by atoms with Crippen LogP contribution in [0.1, 0.15) is 13.8 Å². The standard InChI is InChI=1S/C12H19FN2O3S/c1-9(2)18-7-6-15(3)19(16,17)12-8-10(14)4-5-11(12)13/h4-5,8-9H,6-7,14H2,1-3H3. The number of hydrogen-bond donors (Lipinski definition) is 1. The molecule has 2 N–H and O–H groups in total. The fourth-order valence-corrected chi connectivity index (χ4v) is 2.67. The van der Waals surface area contributed by atoms with Crippen LogP contribution in [0.5, 0.6) is 0 Å². The maximum absolute atomic E-state index is 13.6. The largest absolute Gasteiger partial charge is 0.399 e. The Balaban J connectivity index is 2.88. The number of sulfonamides is 1. The number of nitrogens with zero attached hydrogens (tertiary/aromatic N) is 1. The normalized spacial score (nSPS) is 12.3. The molecule has 1 rings (SSSR count). The summed E-state index contributed by atoms with van der Waals surface area (Å²) in [7, 11) is -2.52. The van der Waals surface area contributed by atoms with E-state index in [1.54, 1.807) is 0 Å². The molecule has 1 aromatic rings. The van der Waals surface area contributed by atoms with Crippen molar-refractivity contribution in [1.82, 2.24) is 4.31 Å². The summed E-state index contributed by atoms with van der Waals surface area (Å²) >= 11 is 0. The van der Waals surface area contributed by atoms with Gasteiger partial charge >= 0.3 is 0 Å². The van der Waals surface area contributed by atoms with E-state index < -0.39 is 20.7 Å². The van der Waals surface area contributed by atoms with Crippen molar-refractivity contribution in [3.63, 3.8) is 0 Å². The fourth-order valence-electron chi connectivity index (χ4n) is 1.42. The Morgan fingerprint density at radius 3 is 2.63 bits per heavy atom. The smallest absolute Gasteiger partial charge is 0.245 e. The molecular formula is C12H19FN2O3S. The van der Waals surface area contributed by atoms with Crippen LogP contribution in [0.4, 0.5) is 10.1 Å². The SMILES string of the molecule is CC(C)OCCN(C)S(=O)(=O)c1cc(N)ccc1F. The Bertz CT molecular complexity index is 532. The van der Waals surface area contributed by atoms with Crippen LogP contribution < -0.4 is 5.73 Å². The van der Waals surface area contributed by atoms with Gasteiger partial charge in [0.05, 0.1) is 12.7 Å². The lowest BCUT2D eigenvalue weighted by molar-refractivity contribution is 0.0737. The number of anilines is 1. The van der Waals surface area contributed by atoms with Gasteiger partial charge in [0, 0.05) is 19.3 Å². The first kappa shape index (κ1) is 15.9. The molecule has 0 saturated carbocycles. The molecule has 0 aliphatic carbocycles. The zero-order valence-corrected chi connectivity index (χ0v) is 12.1. The predicted octanol–water partition coefficient (Wildman–Crippen LogP) is 1.45. The average Bonchev–Trinajstić information content (AvgIpc) is 2.31. The topological polar surface area (TPSA) is 72.6 Å². The summed E-state index contributed by atoms with van der Waals surface area (Å²) in [6, 6.07) is 3.47. The highest BCUT2D eigenvalue weighted by atomic mass is 32.2. The van der Waals surface area contributed by atoms with E-state index in [-0.39, 0.29) is 24.9 Å². The lowest BCUT2D eigenvalue weighted by atomic mass is 10.3. The summed E-state index contributed by atoms with van der Waals surface area (Å²) in [6.07, 6.45) is 0.0141. The lowest BCUT2D eigenvalue weighted by Gasteiger charge is -2.18. The van der Waals surface area contributed by atoms with Crippen molar-refractivity contribution < 1.29 is 17.5 Å². The molecule has 0 saturated heterocycles. The van der Waals surface area contributed by atoms with Gasteiger partial charge in [-0.25, -0.2) is 12.8 Å². The molecule has 0 radical (unpaired) electrons. The zero-order valence-electron chi connectivity index (χ0n) is 11.3. The van der Waals surface area contributed by atoms with Crippen molar-refractivity contribution in [2.75, 3.05) is 25.9 Å². The molecule has 1 aromatic carbocycles. The van der Waals surface area contributed by atoms with Crippen molar-refractivity contribution in [2.45, 2.75) is 24.8 Å². The molecule has 0 atom stereocenters. The van der Waals surface area contributed by atoms with Crippen LogP contribution in [0.2, 0.25) is 0 Å². The highest BCUT2D eigenvalue weighted by molar-refractivity contribution is 7.89. The Kier molecular flexibility index (Phi) is 5.28. The maximum atomic E-state index is 13.6. The first-order chi connectivity index (χ1) is 8.75. The summed E-state index contributed by atoms with van der Waals surface area (Å²) < 4.78 is 44.2. The van der Waals surface area contributed by atoms with E-state index in [4.69, 9.17) is 10.5 Å². The summed E-state index contributed by atoms with van der Waals surface area (Å²) in [6.45, 7) is 4.10. The third kappa shape index (κ3) is 4.15. The number of benzene rings is 1. The number of hydrogen-bond acceptors (Lipinski definition) is 4. The molecule has 0 amide bonds. The fraction of sp³-hybridized carbons (Fsp3) is 0.500. The highest BCUT2D eigenvalue weighted by Gasteiger charge is 2.24. The van der Waals surface area contributed by atoms with Crippen LogP contribution in [0.25, 0.3) is 0 Å². The molecule has 19 heavy (non-hydrogen) atoms. The molecule has 5 nitrogen and oxygen atoms in total. The monoisotopic (exact) mass is 290 g/mol. The second-order valence-corrected chi connectivity index (χ2v) is 6.45. The van der Waals surface area contributed by atoms with Crippen LogP contribution in [0.3, 0.4) is 0 Å². The minimum Gasteiger partial charge on any atom is -0.399 e. The van der Waals surface area contributed by atoms with E-state index in [0.29, 0.717) is 0 Å². The molecular weight excluding hydrogens is 271 g/mol. The van der Waals surface area contributed by atoms with Gasteiger partial charge in [-0.1, -0.05) is 0 Å². The number of nitrogen functional groups attached to an aromatic ring is 1. The van der Waals surface area contributed by atoms with E-state index in [0.717, 1.165) is 16.4 Å². The highest BCUT2D eigenvalue weighted by Crippen LogP contribution is 2.20. The van der Waals surface area contributed by atoms with E-state index in [9.17, 15) is 12.8 Å². The van der Waals surface area contributed by atoms with Gasteiger partial charge in [-0.2, -0.15) is 4.31 Å². The lowest BCUT2D eigenvalue weighted by Crippen LogP contribution is -2.31. The van der Waals surface area contributed by atoms with Gasteiger partial charge in [0.1, 0.15) is 10.7 Å². The zero-order chi connectivity index (χ0) is 14.6. The Hall–Kier alpha value is -1.18. The third-order valence-electron chi connectivity index (χ3n) is 2.50. The third-order valence-corrected chi connectivity index (χ3v) is 4.37. The molecule has 0 bridgehead atoms. The maximum Gasteiger partial charge on any atom is 0.245 e. The van der Waals surface area contributed by atoms with Gasteiger partial charge in [0.15, 0.2) is 0 Å². The molecule has 0 spiro atoms. The number of ether oxygens (including phenoxy) is 1. The van der Waals surface area contributed by atoms with Crippen molar-refractivity contribution in [3.8, 4) is 0 Å². The van der Waals surface area contributed by atoms with Gasteiger partial charge in [-0.3, -0.25) is 0 Å². The minimum atomic E-state index is -3.89. The second kappa shape index (κ2) is 6.31. The number of likely N-dealkylation sites (N-methyl/N-ethyl adjacent to an activating group) is 1. The second-order valence-electron chi connectivity index (χ2n) is 4.44. The van der Waals surface area contributed by atoms with Crippen LogP contribution >= 0.6 is 0 Å². The predicted molar refractivity (Wildman–Crippen MR) is 71.7 cm³/mol. The van der Waals surface area contributed by atoms with Gasteiger partial charge in [0.2, 0.25) is 10.0 Å². The minimum absolute atomic E-state index is 0.0141. The van der Waals surface area contributed by atoms with Gasteiger partial charge in [-0.15, -0.1) is 0 Å². The van der Waals surface area contributed by atoms with Gasteiger partial charge in [0.25, 0.3) is 0 Å². The van der Waals surface area contributed by atoms with Crippen LogP contribution in [-0.4, -0.2) is 39.0 Å². The van der Waals surface area contributed by atoms with Crippen molar-refractivity contribution in [1.29, 1.82) is 0 Å². The Labute approximate surface area is 113 Å². The van der Waals surface area contributed by atoms with Gasteiger partial charge in [-0.05, 0) is 32.0 Å². The number of halogens is 1. The van der Waals surface area contributed by atoms with Crippen molar-refractivity contribution in [3.05, 3.63) is 24.0 Å². The van der Waals surface area contributed by atoms with E-state index in [1.807, 2.05) is 13.8 Å².